The molecule has 1 aliphatic rings. The van der Waals surface area contributed by atoms with Crippen molar-refractivity contribution in [2.24, 2.45) is 0 Å². The summed E-state index contributed by atoms with van der Waals surface area (Å²) >= 11 is 1.75. The van der Waals surface area contributed by atoms with E-state index in [2.05, 4.69) is 14.9 Å². The number of aryl methyl sites for hydroxylation is 1. The van der Waals surface area contributed by atoms with E-state index >= 15 is 0 Å². The molecule has 0 aromatic carbocycles. The van der Waals surface area contributed by atoms with Gasteiger partial charge in [-0.15, -0.1) is 0 Å². The molecule has 1 heterocycles. The predicted molar refractivity (Wildman–Crippen MR) is 68.6 cm³/mol. The molecule has 1 fully saturated rings. The van der Waals surface area contributed by atoms with Gasteiger partial charge in [-0.3, -0.25) is 5.10 Å². The van der Waals surface area contributed by atoms with Crippen molar-refractivity contribution in [2.75, 3.05) is 12.8 Å². The molecule has 1 aromatic heterocycles. The molecule has 1 saturated carbocycles. The Balaban J connectivity index is 2.06. The number of nitrogens with zero attached hydrogens (tertiary/aromatic N) is 1. The number of thioether (sulfide) groups is 1. The van der Waals surface area contributed by atoms with Crippen molar-refractivity contribution < 1.29 is 8.42 Å². The number of hydrogen-bond donors (Lipinski definition) is 2. The molecule has 0 radical (unpaired) electrons. The first-order valence-corrected chi connectivity index (χ1v) is 8.25. The summed E-state index contributed by atoms with van der Waals surface area (Å²) in [5.41, 5.74) is 0.573. The summed E-state index contributed by atoms with van der Waals surface area (Å²) in [5.74, 6) is 0. The zero-order valence-electron chi connectivity index (χ0n) is 9.99. The van der Waals surface area contributed by atoms with Crippen molar-refractivity contribution in [3.05, 3.63) is 11.9 Å². The van der Waals surface area contributed by atoms with Gasteiger partial charge in [0.25, 0.3) is 0 Å². The van der Waals surface area contributed by atoms with Crippen LogP contribution in [-0.2, 0) is 10.0 Å². The lowest BCUT2D eigenvalue weighted by Crippen LogP contribution is -2.45. The number of sulfonamides is 1. The van der Waals surface area contributed by atoms with Gasteiger partial charge in [-0.1, -0.05) is 6.42 Å². The highest BCUT2D eigenvalue weighted by Crippen LogP contribution is 2.42. The van der Waals surface area contributed by atoms with E-state index in [0.717, 1.165) is 12.8 Å². The maximum atomic E-state index is 12.0. The maximum absolute atomic E-state index is 12.0. The molecule has 1 aliphatic carbocycles. The third-order valence-electron chi connectivity index (χ3n) is 3.36. The first-order valence-electron chi connectivity index (χ1n) is 5.54. The number of aromatic nitrogens is 2. The van der Waals surface area contributed by atoms with Crippen LogP contribution >= 0.6 is 11.8 Å². The zero-order chi connectivity index (χ0) is 12.5. The molecular formula is C10H17N3O2S2. The second-order valence-electron chi connectivity index (χ2n) is 4.42. The average molecular weight is 275 g/mol. The lowest BCUT2D eigenvalue weighted by molar-refractivity contribution is 0.362. The van der Waals surface area contributed by atoms with Crippen LogP contribution in [-0.4, -0.2) is 36.2 Å². The first kappa shape index (κ1) is 12.9. The maximum Gasteiger partial charge on any atom is 0.243 e. The molecule has 1 aromatic rings. The van der Waals surface area contributed by atoms with Crippen LogP contribution < -0.4 is 4.72 Å². The highest BCUT2D eigenvalue weighted by Gasteiger charge is 2.37. The summed E-state index contributed by atoms with van der Waals surface area (Å²) in [4.78, 5) is 0.244. The molecule has 2 N–H and O–H groups in total. The Morgan fingerprint density at radius 2 is 2.29 bits per heavy atom. The Labute approximate surface area is 106 Å². The van der Waals surface area contributed by atoms with Gasteiger partial charge < -0.3 is 0 Å². The topological polar surface area (TPSA) is 74.8 Å². The lowest BCUT2D eigenvalue weighted by Gasteiger charge is -2.40. The van der Waals surface area contributed by atoms with Crippen molar-refractivity contribution in [1.29, 1.82) is 0 Å². The second-order valence-corrected chi connectivity index (χ2v) is 7.43. The summed E-state index contributed by atoms with van der Waals surface area (Å²) in [5, 5.41) is 6.38. The molecule has 0 atom stereocenters. The monoisotopic (exact) mass is 275 g/mol. The number of nitrogens with one attached hydrogen (secondary N) is 2. The van der Waals surface area contributed by atoms with Gasteiger partial charge in [0.05, 0.1) is 11.9 Å². The second kappa shape index (κ2) is 4.62. The predicted octanol–water partition coefficient (Wildman–Crippen LogP) is 1.28. The molecule has 0 spiro atoms. The van der Waals surface area contributed by atoms with Crippen LogP contribution in [0.2, 0.25) is 0 Å². The molecule has 17 heavy (non-hydrogen) atoms. The van der Waals surface area contributed by atoms with E-state index in [4.69, 9.17) is 0 Å². The number of rotatable bonds is 5. The van der Waals surface area contributed by atoms with E-state index in [1.54, 1.807) is 18.7 Å². The van der Waals surface area contributed by atoms with Crippen LogP contribution in [0, 0.1) is 6.92 Å². The Kier molecular flexibility index (Phi) is 3.51. The van der Waals surface area contributed by atoms with Gasteiger partial charge in [-0.2, -0.15) is 16.9 Å². The number of H-pyrrole nitrogens is 1. The van der Waals surface area contributed by atoms with E-state index in [1.165, 1.54) is 12.6 Å². The Hall–Kier alpha value is -0.530. The van der Waals surface area contributed by atoms with Crippen molar-refractivity contribution in [3.63, 3.8) is 0 Å². The molecule has 0 aliphatic heterocycles. The molecule has 2 rings (SSSR count). The van der Waals surface area contributed by atoms with Crippen LogP contribution in [0.25, 0.3) is 0 Å². The third-order valence-corrected chi connectivity index (χ3v) is 6.29. The van der Waals surface area contributed by atoms with Crippen LogP contribution in [0.15, 0.2) is 11.1 Å². The van der Waals surface area contributed by atoms with Crippen LogP contribution in [0.5, 0.6) is 0 Å². The highest BCUT2D eigenvalue weighted by atomic mass is 32.2. The SMILES string of the molecule is CSC1(CNS(=O)(=O)c2cn[nH]c2C)CCC1. The van der Waals surface area contributed by atoms with Crippen LogP contribution in [0.3, 0.4) is 0 Å². The first-order chi connectivity index (χ1) is 7.99. The van der Waals surface area contributed by atoms with E-state index < -0.39 is 10.0 Å². The summed E-state index contributed by atoms with van der Waals surface area (Å²) in [6.07, 6.45) is 6.75. The van der Waals surface area contributed by atoms with Gasteiger partial charge in [0, 0.05) is 11.3 Å². The van der Waals surface area contributed by atoms with Gasteiger partial charge in [0.1, 0.15) is 4.90 Å². The minimum Gasteiger partial charge on any atom is -0.281 e. The number of aromatic amines is 1. The van der Waals surface area contributed by atoms with E-state index in [-0.39, 0.29) is 9.64 Å². The molecule has 96 valence electrons. The zero-order valence-corrected chi connectivity index (χ0v) is 11.6. The van der Waals surface area contributed by atoms with E-state index in [1.807, 2.05) is 6.26 Å². The van der Waals surface area contributed by atoms with Gasteiger partial charge >= 0.3 is 0 Å². The summed E-state index contributed by atoms with van der Waals surface area (Å²) in [6.45, 7) is 2.20. The van der Waals surface area contributed by atoms with Crippen molar-refractivity contribution in [2.45, 2.75) is 35.8 Å². The van der Waals surface area contributed by atoms with Gasteiger partial charge in [-0.25, -0.2) is 13.1 Å². The molecule has 5 nitrogen and oxygen atoms in total. The normalized spacial score (nSPS) is 18.9. The minimum absolute atomic E-state index is 0.102. The minimum atomic E-state index is -3.42. The van der Waals surface area contributed by atoms with Gasteiger partial charge in [-0.05, 0) is 26.0 Å². The van der Waals surface area contributed by atoms with Crippen molar-refractivity contribution in [1.82, 2.24) is 14.9 Å². The molecule has 7 heteroatoms. The highest BCUT2D eigenvalue weighted by molar-refractivity contribution is 8.00. The Bertz CT molecular complexity index is 486. The number of hydrogen-bond acceptors (Lipinski definition) is 4. The molecule has 0 unspecified atom stereocenters. The molecule has 0 amide bonds. The fourth-order valence-corrected chi connectivity index (χ4v) is 4.21. The van der Waals surface area contributed by atoms with Gasteiger partial charge in [0.15, 0.2) is 0 Å². The lowest BCUT2D eigenvalue weighted by atomic mass is 9.84. The fourth-order valence-electron chi connectivity index (χ4n) is 1.94. The standard InChI is InChI=1S/C10H17N3O2S2/c1-8-9(6-11-13-8)17(14,15)12-7-10(16-2)4-3-5-10/h6,12H,3-5,7H2,1-2H3,(H,11,13). The summed E-state index contributed by atoms with van der Waals surface area (Å²) in [7, 11) is -3.42. The molecular weight excluding hydrogens is 258 g/mol. The Morgan fingerprint density at radius 1 is 1.59 bits per heavy atom. The van der Waals surface area contributed by atoms with E-state index in [9.17, 15) is 8.42 Å². The largest absolute Gasteiger partial charge is 0.281 e. The third kappa shape index (κ3) is 2.51. The molecule has 0 saturated heterocycles. The van der Waals surface area contributed by atoms with Crippen LogP contribution in [0.1, 0.15) is 25.0 Å². The Morgan fingerprint density at radius 3 is 2.71 bits per heavy atom. The average Bonchev–Trinajstić information content (AvgIpc) is 2.64. The summed E-state index contributed by atoms with van der Waals surface area (Å²) < 4.78 is 26.9. The quantitative estimate of drug-likeness (QED) is 0.849. The fraction of sp³-hybridized carbons (Fsp3) is 0.700. The van der Waals surface area contributed by atoms with E-state index in [0.29, 0.717) is 12.2 Å². The van der Waals surface area contributed by atoms with Crippen LogP contribution in [0.4, 0.5) is 0 Å². The summed E-state index contributed by atoms with van der Waals surface area (Å²) in [6, 6.07) is 0. The molecule has 0 bridgehead atoms. The van der Waals surface area contributed by atoms with Crippen molar-refractivity contribution in [3.8, 4) is 0 Å². The van der Waals surface area contributed by atoms with Crippen molar-refractivity contribution >= 4 is 21.8 Å². The van der Waals surface area contributed by atoms with Gasteiger partial charge in [0.2, 0.25) is 10.0 Å². The smallest absolute Gasteiger partial charge is 0.243 e.